The second-order valence-electron chi connectivity index (χ2n) is 3.81. The number of carbonyl (C=O) groups excluding carboxylic acids is 1. The predicted octanol–water partition coefficient (Wildman–Crippen LogP) is -1.49. The van der Waals surface area contributed by atoms with Crippen molar-refractivity contribution in [2.24, 2.45) is 11.6 Å². The van der Waals surface area contributed by atoms with Crippen LogP contribution in [-0.4, -0.2) is 44.7 Å². The summed E-state index contributed by atoms with van der Waals surface area (Å²) >= 11 is 0. The van der Waals surface area contributed by atoms with E-state index >= 15 is 0 Å². The summed E-state index contributed by atoms with van der Waals surface area (Å²) in [6.45, 7) is 0. The van der Waals surface area contributed by atoms with E-state index in [0.29, 0.717) is 5.95 Å². The van der Waals surface area contributed by atoms with E-state index in [4.69, 9.17) is 11.6 Å². The van der Waals surface area contributed by atoms with E-state index in [-0.39, 0.29) is 17.6 Å². The summed E-state index contributed by atoms with van der Waals surface area (Å²) < 4.78 is 1.32. The molecule has 19 heavy (non-hydrogen) atoms. The maximum Gasteiger partial charge on any atom is 0.269 e. The van der Waals surface area contributed by atoms with E-state index in [1.54, 1.807) is 19.0 Å². The van der Waals surface area contributed by atoms with Gasteiger partial charge in [0.1, 0.15) is 5.69 Å². The average molecular weight is 263 g/mol. The van der Waals surface area contributed by atoms with Crippen LogP contribution in [0.15, 0.2) is 12.3 Å². The number of nitrogen functional groups attached to an aromatic ring is 1. The molecule has 100 valence electrons. The van der Waals surface area contributed by atoms with Gasteiger partial charge in [-0.2, -0.15) is 20.1 Å². The lowest BCUT2D eigenvalue weighted by molar-refractivity contribution is 0.0995. The van der Waals surface area contributed by atoms with Crippen LogP contribution in [0.5, 0.6) is 0 Å². The lowest BCUT2D eigenvalue weighted by atomic mass is 10.4. The standard InChI is InChI=1S/C9H13N9O/c1-17(2)8-12-7(15-11)13-9(14-8)18-4-3-5(16-18)6(10)19/h3-4H,11H2,1-2H3,(H2,10,19)(H,12,13,14,15). The number of hydrogen-bond donors (Lipinski definition) is 3. The van der Waals surface area contributed by atoms with Gasteiger partial charge in [-0.15, -0.1) is 0 Å². The van der Waals surface area contributed by atoms with E-state index < -0.39 is 5.91 Å². The largest absolute Gasteiger partial charge is 0.364 e. The molecule has 0 saturated heterocycles. The molecular weight excluding hydrogens is 250 g/mol. The van der Waals surface area contributed by atoms with Gasteiger partial charge in [-0.1, -0.05) is 0 Å². The van der Waals surface area contributed by atoms with Crippen molar-refractivity contribution in [3.05, 3.63) is 18.0 Å². The molecule has 0 aliphatic carbocycles. The third-order valence-electron chi connectivity index (χ3n) is 2.19. The Morgan fingerprint density at radius 1 is 1.37 bits per heavy atom. The number of amides is 1. The smallest absolute Gasteiger partial charge is 0.269 e. The van der Waals surface area contributed by atoms with Crippen LogP contribution in [0.4, 0.5) is 11.9 Å². The number of nitrogens with two attached hydrogens (primary N) is 2. The molecule has 2 aromatic rings. The first-order chi connectivity index (χ1) is 9.01. The van der Waals surface area contributed by atoms with Crippen LogP contribution in [0.25, 0.3) is 5.95 Å². The molecule has 0 spiro atoms. The number of rotatable bonds is 4. The second-order valence-corrected chi connectivity index (χ2v) is 3.81. The lowest BCUT2D eigenvalue weighted by Gasteiger charge is -2.12. The third kappa shape index (κ3) is 2.57. The van der Waals surface area contributed by atoms with Gasteiger partial charge < -0.3 is 10.6 Å². The van der Waals surface area contributed by atoms with Crippen LogP contribution in [-0.2, 0) is 0 Å². The Labute approximate surface area is 108 Å². The Hall–Kier alpha value is -2.75. The summed E-state index contributed by atoms with van der Waals surface area (Å²) in [6.07, 6.45) is 1.52. The van der Waals surface area contributed by atoms with Gasteiger partial charge in [-0.3, -0.25) is 10.2 Å². The van der Waals surface area contributed by atoms with Crippen molar-refractivity contribution in [3.63, 3.8) is 0 Å². The van der Waals surface area contributed by atoms with Crippen molar-refractivity contribution < 1.29 is 4.79 Å². The fourth-order valence-electron chi connectivity index (χ4n) is 1.29. The minimum Gasteiger partial charge on any atom is -0.364 e. The molecule has 0 radical (unpaired) electrons. The molecule has 0 saturated carbocycles. The Balaban J connectivity index is 2.47. The molecule has 10 nitrogen and oxygen atoms in total. The van der Waals surface area contributed by atoms with Crippen LogP contribution in [0.1, 0.15) is 10.5 Å². The van der Waals surface area contributed by atoms with Crippen LogP contribution in [0.3, 0.4) is 0 Å². The zero-order valence-electron chi connectivity index (χ0n) is 10.4. The first kappa shape index (κ1) is 12.7. The maximum atomic E-state index is 11.0. The summed E-state index contributed by atoms with van der Waals surface area (Å²) in [6, 6.07) is 1.47. The third-order valence-corrected chi connectivity index (χ3v) is 2.19. The van der Waals surface area contributed by atoms with E-state index in [1.807, 2.05) is 0 Å². The van der Waals surface area contributed by atoms with Crippen LogP contribution in [0, 0.1) is 0 Å². The highest BCUT2D eigenvalue weighted by Gasteiger charge is 2.12. The van der Waals surface area contributed by atoms with Crippen molar-refractivity contribution in [1.82, 2.24) is 24.7 Å². The number of nitrogens with one attached hydrogen (secondary N) is 1. The lowest BCUT2D eigenvalue weighted by Crippen LogP contribution is -2.19. The molecule has 2 heterocycles. The molecule has 2 rings (SSSR count). The number of primary amides is 1. The minimum absolute atomic E-state index is 0.120. The number of hydrazine groups is 1. The first-order valence-corrected chi connectivity index (χ1v) is 5.27. The molecule has 0 aromatic carbocycles. The zero-order chi connectivity index (χ0) is 14.0. The molecule has 0 atom stereocenters. The van der Waals surface area contributed by atoms with Crippen LogP contribution >= 0.6 is 0 Å². The van der Waals surface area contributed by atoms with Gasteiger partial charge >= 0.3 is 0 Å². The van der Waals surface area contributed by atoms with Crippen molar-refractivity contribution in [2.45, 2.75) is 0 Å². The molecule has 5 N–H and O–H groups in total. The predicted molar refractivity (Wildman–Crippen MR) is 67.6 cm³/mol. The molecule has 1 amide bonds. The molecule has 0 bridgehead atoms. The highest BCUT2D eigenvalue weighted by Crippen LogP contribution is 2.10. The fourth-order valence-corrected chi connectivity index (χ4v) is 1.29. The molecule has 0 aliphatic rings. The molecule has 0 aliphatic heterocycles. The normalized spacial score (nSPS) is 10.3. The van der Waals surface area contributed by atoms with Gasteiger partial charge in [0.05, 0.1) is 0 Å². The van der Waals surface area contributed by atoms with Crippen molar-refractivity contribution in [1.29, 1.82) is 0 Å². The first-order valence-electron chi connectivity index (χ1n) is 5.27. The fraction of sp³-hybridized carbons (Fsp3) is 0.222. The van der Waals surface area contributed by atoms with E-state index in [0.717, 1.165) is 0 Å². The molecule has 2 aromatic heterocycles. The topological polar surface area (TPSA) is 141 Å². The van der Waals surface area contributed by atoms with Gasteiger partial charge in [0.15, 0.2) is 0 Å². The Bertz CT molecular complexity index is 605. The van der Waals surface area contributed by atoms with Crippen LogP contribution < -0.4 is 21.9 Å². The quantitative estimate of drug-likeness (QED) is 0.447. The van der Waals surface area contributed by atoms with Crippen molar-refractivity contribution in [2.75, 3.05) is 24.4 Å². The number of aromatic nitrogens is 5. The minimum atomic E-state index is -0.627. The summed E-state index contributed by atoms with van der Waals surface area (Å²) in [7, 11) is 3.55. The Kier molecular flexibility index (Phi) is 3.25. The van der Waals surface area contributed by atoms with Gasteiger partial charge in [-0.05, 0) is 6.07 Å². The summed E-state index contributed by atoms with van der Waals surface area (Å²) in [5.41, 5.74) is 7.59. The Morgan fingerprint density at radius 3 is 2.63 bits per heavy atom. The molecule has 0 fully saturated rings. The van der Waals surface area contributed by atoms with E-state index in [1.165, 1.54) is 16.9 Å². The number of carbonyl (C=O) groups is 1. The summed E-state index contributed by atoms with van der Waals surface area (Å²) in [5, 5.41) is 3.96. The number of nitrogens with zero attached hydrogens (tertiary/aromatic N) is 6. The zero-order valence-corrected chi connectivity index (χ0v) is 10.4. The van der Waals surface area contributed by atoms with E-state index in [9.17, 15) is 4.79 Å². The Morgan fingerprint density at radius 2 is 2.11 bits per heavy atom. The van der Waals surface area contributed by atoms with Gasteiger partial charge in [0.25, 0.3) is 11.9 Å². The van der Waals surface area contributed by atoms with Crippen molar-refractivity contribution in [3.8, 4) is 5.95 Å². The summed E-state index contributed by atoms with van der Waals surface area (Å²) in [4.78, 5) is 25.0. The second kappa shape index (κ2) is 4.86. The highest BCUT2D eigenvalue weighted by molar-refractivity contribution is 5.90. The molecule has 10 heteroatoms. The summed E-state index contributed by atoms with van der Waals surface area (Å²) in [5.74, 6) is 5.47. The average Bonchev–Trinajstić information content (AvgIpc) is 2.87. The number of hydrogen-bond acceptors (Lipinski definition) is 8. The molecular formula is C9H13N9O. The highest BCUT2D eigenvalue weighted by atomic mass is 16.1. The number of anilines is 2. The monoisotopic (exact) mass is 263 g/mol. The van der Waals surface area contributed by atoms with E-state index in [2.05, 4.69) is 25.5 Å². The van der Waals surface area contributed by atoms with Crippen LogP contribution in [0.2, 0.25) is 0 Å². The van der Waals surface area contributed by atoms with Gasteiger partial charge in [0, 0.05) is 20.3 Å². The van der Waals surface area contributed by atoms with Gasteiger partial charge in [-0.25, -0.2) is 10.5 Å². The molecule has 0 unspecified atom stereocenters. The SMILES string of the molecule is CN(C)c1nc(NN)nc(-n2ccc(C(N)=O)n2)n1. The van der Waals surface area contributed by atoms with Crippen molar-refractivity contribution >= 4 is 17.8 Å². The van der Waals surface area contributed by atoms with Gasteiger partial charge in [0.2, 0.25) is 11.9 Å². The maximum absolute atomic E-state index is 11.0.